The molecule has 1 saturated carbocycles. The van der Waals surface area contributed by atoms with Crippen LogP contribution in [0, 0.1) is 11.7 Å². The molecule has 0 aromatic heterocycles. The number of hydrogen-bond acceptors (Lipinski definition) is 2. The molecule has 0 amide bonds. The van der Waals surface area contributed by atoms with Crippen LogP contribution in [0.2, 0.25) is 0 Å². The summed E-state index contributed by atoms with van der Waals surface area (Å²) in [6, 6.07) is 6.91. The number of nitrogens with one attached hydrogen (secondary N) is 1. The van der Waals surface area contributed by atoms with Crippen molar-refractivity contribution in [1.82, 2.24) is 5.32 Å². The molecule has 3 heteroatoms. The molecular formula is C15H21FN2. The average molecular weight is 248 g/mol. The fourth-order valence-electron chi connectivity index (χ4n) is 3.04. The van der Waals surface area contributed by atoms with Crippen molar-refractivity contribution in [2.45, 2.75) is 31.7 Å². The van der Waals surface area contributed by atoms with E-state index in [0.29, 0.717) is 0 Å². The molecule has 18 heavy (non-hydrogen) atoms. The molecule has 1 aromatic carbocycles. The summed E-state index contributed by atoms with van der Waals surface area (Å²) in [6.07, 6.45) is 3.85. The number of nitrogens with zero attached hydrogens (tertiary/aromatic N) is 1. The molecule has 3 rings (SSSR count). The first-order valence-electron chi connectivity index (χ1n) is 6.93. The second kappa shape index (κ2) is 4.54. The van der Waals surface area contributed by atoms with Gasteiger partial charge in [-0.25, -0.2) is 4.39 Å². The molecule has 0 bridgehead atoms. The number of anilines is 1. The van der Waals surface area contributed by atoms with Crippen LogP contribution in [0.15, 0.2) is 24.3 Å². The van der Waals surface area contributed by atoms with E-state index in [1.54, 1.807) is 12.1 Å². The van der Waals surface area contributed by atoms with Gasteiger partial charge in [0, 0.05) is 24.3 Å². The van der Waals surface area contributed by atoms with Crippen molar-refractivity contribution in [2.75, 3.05) is 24.5 Å². The summed E-state index contributed by atoms with van der Waals surface area (Å²) in [7, 11) is 0. The first-order chi connectivity index (χ1) is 8.67. The fourth-order valence-corrected chi connectivity index (χ4v) is 3.04. The molecule has 1 aliphatic carbocycles. The molecule has 1 N–H and O–H groups in total. The summed E-state index contributed by atoms with van der Waals surface area (Å²) in [4.78, 5) is 2.40. The molecule has 0 spiro atoms. The maximum Gasteiger partial charge on any atom is 0.123 e. The second-order valence-electron chi connectivity index (χ2n) is 5.87. The number of hydrogen-bond donors (Lipinski definition) is 1. The third-order valence-electron chi connectivity index (χ3n) is 4.32. The first kappa shape index (κ1) is 12.0. The third kappa shape index (κ3) is 2.37. The molecule has 98 valence electrons. The molecular weight excluding hydrogens is 227 g/mol. The lowest BCUT2D eigenvalue weighted by Crippen LogP contribution is -2.51. The topological polar surface area (TPSA) is 15.3 Å². The van der Waals surface area contributed by atoms with Crippen molar-refractivity contribution < 1.29 is 4.39 Å². The van der Waals surface area contributed by atoms with Gasteiger partial charge < -0.3 is 10.2 Å². The summed E-state index contributed by atoms with van der Waals surface area (Å²) in [5.74, 6) is 0.662. The van der Waals surface area contributed by atoms with Crippen molar-refractivity contribution >= 4 is 5.69 Å². The lowest BCUT2D eigenvalue weighted by Gasteiger charge is -2.35. The highest BCUT2D eigenvalue weighted by molar-refractivity contribution is 5.47. The van der Waals surface area contributed by atoms with Crippen molar-refractivity contribution in [2.24, 2.45) is 5.92 Å². The Morgan fingerprint density at radius 1 is 1.28 bits per heavy atom. The van der Waals surface area contributed by atoms with E-state index in [-0.39, 0.29) is 11.4 Å². The Balaban J connectivity index is 1.80. The zero-order chi connectivity index (χ0) is 12.6. The Morgan fingerprint density at radius 2 is 2.00 bits per heavy atom. The normalized spacial score (nSPS) is 29.1. The predicted molar refractivity (Wildman–Crippen MR) is 72.4 cm³/mol. The van der Waals surface area contributed by atoms with Gasteiger partial charge >= 0.3 is 0 Å². The quantitative estimate of drug-likeness (QED) is 0.865. The highest BCUT2D eigenvalue weighted by Gasteiger charge is 2.43. The SMILES string of the molecule is CC1(C2CC2)CN(c2ccc(F)cc2)CCCN1. The summed E-state index contributed by atoms with van der Waals surface area (Å²) >= 11 is 0. The Morgan fingerprint density at radius 3 is 2.67 bits per heavy atom. The van der Waals surface area contributed by atoms with E-state index in [9.17, 15) is 4.39 Å². The maximum absolute atomic E-state index is 13.0. The van der Waals surface area contributed by atoms with Crippen LogP contribution in [0.1, 0.15) is 26.2 Å². The molecule has 1 aliphatic heterocycles. The highest BCUT2D eigenvalue weighted by Crippen LogP contribution is 2.41. The lowest BCUT2D eigenvalue weighted by molar-refractivity contribution is 0.331. The van der Waals surface area contributed by atoms with Gasteiger partial charge in [-0.05, 0) is 62.9 Å². The fraction of sp³-hybridized carbons (Fsp3) is 0.600. The third-order valence-corrected chi connectivity index (χ3v) is 4.32. The summed E-state index contributed by atoms with van der Waals surface area (Å²) in [6.45, 7) is 5.52. The van der Waals surface area contributed by atoms with E-state index < -0.39 is 0 Å². The summed E-state index contributed by atoms with van der Waals surface area (Å²) < 4.78 is 13.0. The lowest BCUT2D eigenvalue weighted by atomic mass is 9.95. The van der Waals surface area contributed by atoms with Gasteiger partial charge in [0.05, 0.1) is 0 Å². The number of benzene rings is 1. The maximum atomic E-state index is 13.0. The van der Waals surface area contributed by atoms with Gasteiger partial charge in [0.2, 0.25) is 0 Å². The smallest absolute Gasteiger partial charge is 0.123 e. The minimum absolute atomic E-state index is 0.156. The zero-order valence-corrected chi connectivity index (χ0v) is 11.0. The first-order valence-corrected chi connectivity index (χ1v) is 6.93. The Kier molecular flexibility index (Phi) is 3.02. The monoisotopic (exact) mass is 248 g/mol. The molecule has 1 saturated heterocycles. The van der Waals surface area contributed by atoms with Gasteiger partial charge in [-0.1, -0.05) is 0 Å². The van der Waals surface area contributed by atoms with Gasteiger partial charge in [0.1, 0.15) is 5.82 Å². The van der Waals surface area contributed by atoms with E-state index in [1.807, 2.05) is 12.1 Å². The van der Waals surface area contributed by atoms with Crippen molar-refractivity contribution in [3.8, 4) is 0 Å². The Bertz CT molecular complexity index is 413. The van der Waals surface area contributed by atoms with Gasteiger partial charge in [-0.2, -0.15) is 0 Å². The van der Waals surface area contributed by atoms with Crippen LogP contribution in [0.25, 0.3) is 0 Å². The van der Waals surface area contributed by atoms with Crippen LogP contribution < -0.4 is 10.2 Å². The van der Waals surface area contributed by atoms with Crippen LogP contribution in [-0.2, 0) is 0 Å². The van der Waals surface area contributed by atoms with E-state index >= 15 is 0 Å². The van der Waals surface area contributed by atoms with E-state index in [0.717, 1.165) is 37.7 Å². The van der Waals surface area contributed by atoms with Crippen LogP contribution in [-0.4, -0.2) is 25.2 Å². The molecule has 2 nitrogen and oxygen atoms in total. The average Bonchev–Trinajstić information content (AvgIpc) is 3.17. The van der Waals surface area contributed by atoms with Crippen LogP contribution in [0.5, 0.6) is 0 Å². The molecule has 1 heterocycles. The molecule has 2 fully saturated rings. The molecule has 1 atom stereocenters. The number of halogens is 1. The minimum Gasteiger partial charge on any atom is -0.370 e. The van der Waals surface area contributed by atoms with Crippen LogP contribution in [0.4, 0.5) is 10.1 Å². The zero-order valence-electron chi connectivity index (χ0n) is 11.0. The Labute approximate surface area is 108 Å². The van der Waals surface area contributed by atoms with Crippen molar-refractivity contribution in [3.05, 3.63) is 30.1 Å². The number of rotatable bonds is 2. The van der Waals surface area contributed by atoms with E-state index in [4.69, 9.17) is 0 Å². The van der Waals surface area contributed by atoms with Crippen molar-refractivity contribution in [3.63, 3.8) is 0 Å². The second-order valence-corrected chi connectivity index (χ2v) is 5.87. The van der Waals surface area contributed by atoms with Gasteiger partial charge in [-0.15, -0.1) is 0 Å². The molecule has 2 aliphatic rings. The van der Waals surface area contributed by atoms with Crippen LogP contribution >= 0.6 is 0 Å². The largest absolute Gasteiger partial charge is 0.370 e. The van der Waals surface area contributed by atoms with E-state index in [2.05, 4.69) is 17.1 Å². The highest BCUT2D eigenvalue weighted by atomic mass is 19.1. The predicted octanol–water partition coefficient (Wildman–Crippen LogP) is 2.79. The summed E-state index contributed by atoms with van der Waals surface area (Å²) in [5, 5.41) is 3.72. The molecule has 0 radical (unpaired) electrons. The van der Waals surface area contributed by atoms with Crippen molar-refractivity contribution in [1.29, 1.82) is 0 Å². The minimum atomic E-state index is -0.156. The van der Waals surface area contributed by atoms with E-state index in [1.165, 1.54) is 12.8 Å². The standard InChI is InChI=1S/C15H21FN2/c1-15(12-3-4-12)11-18(10-2-9-17-15)14-7-5-13(16)6-8-14/h5-8,12,17H,2-4,9-11H2,1H3. The van der Waals surface area contributed by atoms with Gasteiger partial charge in [-0.3, -0.25) is 0 Å². The summed E-state index contributed by atoms with van der Waals surface area (Å²) in [5.41, 5.74) is 1.37. The van der Waals surface area contributed by atoms with Crippen LogP contribution in [0.3, 0.4) is 0 Å². The Hall–Kier alpha value is -1.09. The molecule has 1 unspecified atom stereocenters. The van der Waals surface area contributed by atoms with Gasteiger partial charge in [0.25, 0.3) is 0 Å². The molecule has 1 aromatic rings. The van der Waals surface area contributed by atoms with Gasteiger partial charge in [0.15, 0.2) is 0 Å².